The SMILES string of the molecule is Cc1cc(Br)cnc1NC(=O)Nc1cc(Cl)ccc1Cl. The first-order chi connectivity index (χ1) is 9.45. The highest BCUT2D eigenvalue weighted by atomic mass is 79.9. The number of anilines is 2. The Morgan fingerprint density at radius 1 is 1.25 bits per heavy atom. The highest BCUT2D eigenvalue weighted by Gasteiger charge is 2.09. The maximum absolute atomic E-state index is 11.9. The molecule has 2 rings (SSSR count). The van der Waals surface area contributed by atoms with E-state index in [4.69, 9.17) is 23.2 Å². The molecule has 0 aliphatic heterocycles. The van der Waals surface area contributed by atoms with Gasteiger partial charge in [0.1, 0.15) is 5.82 Å². The van der Waals surface area contributed by atoms with E-state index in [-0.39, 0.29) is 0 Å². The first-order valence-corrected chi connectivity index (χ1v) is 7.16. The summed E-state index contributed by atoms with van der Waals surface area (Å²) in [5, 5.41) is 6.17. The summed E-state index contributed by atoms with van der Waals surface area (Å²) in [6, 6.07) is 6.25. The van der Waals surface area contributed by atoms with Gasteiger partial charge in [0.2, 0.25) is 0 Å². The second kappa shape index (κ2) is 6.43. The van der Waals surface area contributed by atoms with Crippen LogP contribution < -0.4 is 10.6 Å². The zero-order chi connectivity index (χ0) is 14.7. The van der Waals surface area contributed by atoms with Gasteiger partial charge in [-0.05, 0) is 52.7 Å². The number of hydrogen-bond acceptors (Lipinski definition) is 2. The largest absolute Gasteiger partial charge is 0.324 e. The van der Waals surface area contributed by atoms with Gasteiger partial charge in [0.25, 0.3) is 0 Å². The third-order valence-corrected chi connectivity index (χ3v) is 3.45. The number of aryl methyl sites for hydroxylation is 1. The molecule has 1 heterocycles. The van der Waals surface area contributed by atoms with Gasteiger partial charge < -0.3 is 5.32 Å². The van der Waals surface area contributed by atoms with Crippen molar-refractivity contribution >= 4 is 56.7 Å². The molecule has 0 unspecified atom stereocenters. The standard InChI is InChI=1S/C13H10BrCl2N3O/c1-7-4-8(14)6-17-12(7)19-13(20)18-11-5-9(15)2-3-10(11)16/h2-6H,1H3,(H2,17,18,19,20). The van der Waals surface area contributed by atoms with E-state index >= 15 is 0 Å². The number of benzene rings is 1. The van der Waals surface area contributed by atoms with E-state index in [9.17, 15) is 4.79 Å². The van der Waals surface area contributed by atoms with Crippen LogP contribution in [0.1, 0.15) is 5.56 Å². The van der Waals surface area contributed by atoms with Crippen molar-refractivity contribution in [2.75, 3.05) is 10.6 Å². The van der Waals surface area contributed by atoms with E-state index in [0.717, 1.165) is 10.0 Å². The van der Waals surface area contributed by atoms with E-state index in [1.165, 1.54) is 0 Å². The van der Waals surface area contributed by atoms with E-state index in [1.54, 1.807) is 24.4 Å². The van der Waals surface area contributed by atoms with Crippen molar-refractivity contribution in [3.8, 4) is 0 Å². The molecule has 1 aromatic heterocycles. The molecule has 0 radical (unpaired) electrons. The second-order valence-electron chi connectivity index (χ2n) is 4.02. The Kier molecular flexibility index (Phi) is 4.86. The number of halogens is 3. The molecule has 0 spiro atoms. The Labute approximate surface area is 134 Å². The number of carbonyl (C=O) groups is 1. The summed E-state index contributed by atoms with van der Waals surface area (Å²) < 4.78 is 0.846. The van der Waals surface area contributed by atoms with Crippen molar-refractivity contribution in [3.63, 3.8) is 0 Å². The van der Waals surface area contributed by atoms with Gasteiger partial charge >= 0.3 is 6.03 Å². The Morgan fingerprint density at radius 3 is 2.70 bits per heavy atom. The lowest BCUT2D eigenvalue weighted by Crippen LogP contribution is -2.20. The van der Waals surface area contributed by atoms with Gasteiger partial charge in [-0.15, -0.1) is 0 Å². The van der Waals surface area contributed by atoms with Crippen molar-refractivity contribution in [2.24, 2.45) is 0 Å². The second-order valence-corrected chi connectivity index (χ2v) is 5.78. The Balaban J connectivity index is 2.11. The van der Waals surface area contributed by atoms with Gasteiger partial charge in [0.15, 0.2) is 0 Å². The van der Waals surface area contributed by atoms with E-state index in [0.29, 0.717) is 21.6 Å². The van der Waals surface area contributed by atoms with Crippen LogP contribution in [-0.2, 0) is 0 Å². The van der Waals surface area contributed by atoms with Gasteiger partial charge in [-0.1, -0.05) is 23.2 Å². The van der Waals surface area contributed by atoms with Crippen LogP contribution >= 0.6 is 39.1 Å². The molecule has 2 N–H and O–H groups in total. The molecule has 0 saturated heterocycles. The minimum absolute atomic E-state index is 0.407. The molecule has 0 fully saturated rings. The summed E-state index contributed by atoms with van der Waals surface area (Å²) in [6.07, 6.45) is 1.61. The van der Waals surface area contributed by atoms with Gasteiger partial charge in [0, 0.05) is 15.7 Å². The monoisotopic (exact) mass is 373 g/mol. The van der Waals surface area contributed by atoms with Crippen LogP contribution in [0.25, 0.3) is 0 Å². The van der Waals surface area contributed by atoms with Crippen molar-refractivity contribution < 1.29 is 4.79 Å². The number of nitrogens with zero attached hydrogens (tertiary/aromatic N) is 1. The van der Waals surface area contributed by atoms with Crippen LogP contribution in [0, 0.1) is 6.92 Å². The molecule has 7 heteroatoms. The maximum Gasteiger partial charge on any atom is 0.324 e. The quantitative estimate of drug-likeness (QED) is 0.767. The average Bonchev–Trinajstić information content (AvgIpc) is 2.37. The molecule has 20 heavy (non-hydrogen) atoms. The lowest BCUT2D eigenvalue weighted by atomic mass is 10.3. The summed E-state index contributed by atoms with van der Waals surface area (Å²) in [7, 11) is 0. The summed E-state index contributed by atoms with van der Waals surface area (Å²) in [6.45, 7) is 1.85. The van der Waals surface area contributed by atoms with Crippen LogP contribution in [-0.4, -0.2) is 11.0 Å². The molecule has 0 bridgehead atoms. The number of hydrogen-bond donors (Lipinski definition) is 2. The first kappa shape index (κ1) is 15.1. The molecular formula is C13H10BrCl2N3O. The van der Waals surface area contributed by atoms with Crippen LogP contribution in [0.3, 0.4) is 0 Å². The number of carbonyl (C=O) groups excluding carboxylic acids is 1. The van der Waals surface area contributed by atoms with Crippen molar-refractivity contribution in [1.29, 1.82) is 0 Å². The highest BCUT2D eigenvalue weighted by Crippen LogP contribution is 2.25. The molecule has 1 aromatic carbocycles. The zero-order valence-electron chi connectivity index (χ0n) is 10.4. The summed E-state index contributed by atoms with van der Waals surface area (Å²) in [5.41, 5.74) is 1.28. The van der Waals surface area contributed by atoms with Crippen molar-refractivity contribution in [1.82, 2.24) is 4.98 Å². The number of urea groups is 1. The van der Waals surface area contributed by atoms with Crippen LogP contribution in [0.2, 0.25) is 10.0 Å². The molecule has 2 aromatic rings. The van der Waals surface area contributed by atoms with Crippen molar-refractivity contribution in [2.45, 2.75) is 6.92 Å². The predicted octanol–water partition coefficient (Wildman–Crippen LogP) is 5.10. The molecular weight excluding hydrogens is 365 g/mol. The Bertz CT molecular complexity index is 664. The number of nitrogens with one attached hydrogen (secondary N) is 2. The van der Waals surface area contributed by atoms with E-state index in [1.807, 2.05) is 13.0 Å². The third-order valence-electron chi connectivity index (χ3n) is 2.45. The zero-order valence-corrected chi connectivity index (χ0v) is 13.5. The van der Waals surface area contributed by atoms with Crippen LogP contribution in [0.4, 0.5) is 16.3 Å². The van der Waals surface area contributed by atoms with E-state index < -0.39 is 6.03 Å². The number of rotatable bonds is 2. The maximum atomic E-state index is 11.9. The molecule has 104 valence electrons. The fourth-order valence-corrected chi connectivity index (χ4v) is 2.31. The lowest BCUT2D eigenvalue weighted by Gasteiger charge is -2.10. The van der Waals surface area contributed by atoms with Gasteiger partial charge in [-0.25, -0.2) is 9.78 Å². The highest BCUT2D eigenvalue weighted by molar-refractivity contribution is 9.10. The summed E-state index contributed by atoms with van der Waals surface area (Å²) in [4.78, 5) is 16.0. The molecule has 2 amide bonds. The van der Waals surface area contributed by atoms with Crippen LogP contribution in [0.5, 0.6) is 0 Å². The molecule has 4 nitrogen and oxygen atoms in total. The molecule has 0 aliphatic rings. The number of pyridine rings is 1. The summed E-state index contributed by atoms with van der Waals surface area (Å²) in [5.74, 6) is 0.476. The average molecular weight is 375 g/mol. The molecule has 0 atom stereocenters. The fourth-order valence-electron chi connectivity index (χ4n) is 1.53. The molecule has 0 saturated carbocycles. The smallest absolute Gasteiger partial charge is 0.306 e. The van der Waals surface area contributed by atoms with E-state index in [2.05, 4.69) is 31.5 Å². The third kappa shape index (κ3) is 3.85. The minimum atomic E-state index is -0.438. The Morgan fingerprint density at radius 2 is 2.00 bits per heavy atom. The lowest BCUT2D eigenvalue weighted by molar-refractivity contribution is 0.262. The fraction of sp³-hybridized carbons (Fsp3) is 0.0769. The topological polar surface area (TPSA) is 54.0 Å². The minimum Gasteiger partial charge on any atom is -0.306 e. The summed E-state index contributed by atoms with van der Waals surface area (Å²) >= 11 is 15.1. The van der Waals surface area contributed by atoms with Crippen LogP contribution in [0.15, 0.2) is 34.9 Å². The predicted molar refractivity (Wildman–Crippen MR) is 85.8 cm³/mol. The number of aromatic nitrogens is 1. The normalized spacial score (nSPS) is 10.2. The number of amides is 2. The first-order valence-electron chi connectivity index (χ1n) is 5.61. The molecule has 0 aliphatic carbocycles. The van der Waals surface area contributed by atoms with Crippen molar-refractivity contribution in [3.05, 3.63) is 50.5 Å². The van der Waals surface area contributed by atoms with Gasteiger partial charge in [0.05, 0.1) is 10.7 Å². The van der Waals surface area contributed by atoms with Gasteiger partial charge in [-0.2, -0.15) is 0 Å². The van der Waals surface area contributed by atoms with Gasteiger partial charge in [-0.3, -0.25) is 5.32 Å². The Hall–Kier alpha value is -1.30.